The molecular weight excluding hydrogens is 437 g/mol. The number of carbonyl (C=O) groups excluding carboxylic acids is 1. The molecule has 0 saturated carbocycles. The molecule has 2 aromatic heterocycles. The summed E-state index contributed by atoms with van der Waals surface area (Å²) in [7, 11) is 1.54. The van der Waals surface area contributed by atoms with Gasteiger partial charge in [-0.1, -0.05) is 12.1 Å². The topological polar surface area (TPSA) is 93.8 Å². The highest BCUT2D eigenvalue weighted by Gasteiger charge is 2.26. The number of anilines is 1. The lowest BCUT2D eigenvalue weighted by Crippen LogP contribution is -2.51. The lowest BCUT2D eigenvalue weighted by Gasteiger charge is -2.40. The Morgan fingerprint density at radius 1 is 1.18 bits per heavy atom. The number of benzene rings is 1. The van der Waals surface area contributed by atoms with E-state index in [9.17, 15) is 9.18 Å². The monoisotopic (exact) mass is 463 g/mol. The van der Waals surface area contributed by atoms with E-state index in [1.165, 1.54) is 12.1 Å². The van der Waals surface area contributed by atoms with Crippen molar-refractivity contribution in [1.82, 2.24) is 14.9 Å². The Kier molecular flexibility index (Phi) is 6.12. The predicted octanol–water partition coefficient (Wildman–Crippen LogP) is 2.48. The number of nitrogens with zero attached hydrogens (tertiary/aromatic N) is 4. The van der Waals surface area contributed by atoms with Gasteiger partial charge in [-0.15, -0.1) is 0 Å². The van der Waals surface area contributed by atoms with Gasteiger partial charge in [-0.2, -0.15) is 0 Å². The largest absolute Gasteiger partial charge is 0.481 e. The molecule has 0 spiro atoms. The van der Waals surface area contributed by atoms with Crippen LogP contribution >= 0.6 is 0 Å². The molecule has 9 heteroatoms. The van der Waals surface area contributed by atoms with Crippen LogP contribution in [-0.2, 0) is 4.74 Å². The van der Waals surface area contributed by atoms with Crippen molar-refractivity contribution in [2.24, 2.45) is 5.73 Å². The van der Waals surface area contributed by atoms with Crippen LogP contribution in [0.2, 0.25) is 0 Å². The third-order valence-electron chi connectivity index (χ3n) is 6.37. The number of methoxy groups -OCH3 is 1. The summed E-state index contributed by atoms with van der Waals surface area (Å²) in [5.41, 5.74) is 8.30. The fraction of sp³-hybridized carbons (Fsp3) is 0.320. The first kappa shape index (κ1) is 22.2. The van der Waals surface area contributed by atoms with Crippen LogP contribution in [0, 0.1) is 5.82 Å². The average Bonchev–Trinajstić information content (AvgIpc) is 2.88. The quantitative estimate of drug-likeness (QED) is 0.621. The predicted molar refractivity (Wildman–Crippen MR) is 127 cm³/mol. The molecule has 1 amide bonds. The Labute approximate surface area is 196 Å². The van der Waals surface area contributed by atoms with Crippen LogP contribution in [0.15, 0.2) is 48.7 Å². The van der Waals surface area contributed by atoms with E-state index in [0.29, 0.717) is 24.5 Å². The lowest BCUT2D eigenvalue weighted by molar-refractivity contribution is 0.0836. The molecule has 1 fully saturated rings. The SMILES string of the molecule is COc1nc(C2=CC(N3CCN(c4ccc(C(N)=O)nc4)CC3)COC2)cc2ccc(F)cc12. The van der Waals surface area contributed by atoms with E-state index >= 15 is 0 Å². The molecule has 3 aromatic rings. The third-order valence-corrected chi connectivity index (χ3v) is 6.37. The molecule has 5 rings (SSSR count). The minimum Gasteiger partial charge on any atom is -0.481 e. The normalized spacial score (nSPS) is 19.2. The van der Waals surface area contributed by atoms with E-state index in [4.69, 9.17) is 15.2 Å². The number of nitrogens with two attached hydrogens (primary N) is 1. The van der Waals surface area contributed by atoms with Gasteiger partial charge in [0.1, 0.15) is 11.5 Å². The lowest BCUT2D eigenvalue weighted by atomic mass is 10.0. The number of pyridine rings is 2. The summed E-state index contributed by atoms with van der Waals surface area (Å²) in [6, 6.07) is 10.3. The van der Waals surface area contributed by atoms with Crippen LogP contribution in [0.5, 0.6) is 5.88 Å². The van der Waals surface area contributed by atoms with Crippen LogP contribution in [0.25, 0.3) is 16.3 Å². The van der Waals surface area contributed by atoms with Gasteiger partial charge in [0.05, 0.1) is 43.9 Å². The molecule has 2 aliphatic rings. The number of hydrogen-bond acceptors (Lipinski definition) is 7. The van der Waals surface area contributed by atoms with E-state index in [1.807, 2.05) is 12.1 Å². The molecule has 34 heavy (non-hydrogen) atoms. The molecule has 1 atom stereocenters. The molecule has 1 saturated heterocycles. The Bertz CT molecular complexity index is 1240. The fourth-order valence-corrected chi connectivity index (χ4v) is 4.53. The highest BCUT2D eigenvalue weighted by atomic mass is 19.1. The minimum atomic E-state index is -0.526. The fourth-order valence-electron chi connectivity index (χ4n) is 4.53. The molecular formula is C25H26FN5O3. The number of aromatic nitrogens is 2. The number of fused-ring (bicyclic) bond motifs is 1. The van der Waals surface area contributed by atoms with Gasteiger partial charge in [-0.25, -0.2) is 14.4 Å². The van der Waals surface area contributed by atoms with Gasteiger partial charge in [0.15, 0.2) is 0 Å². The number of halogens is 1. The van der Waals surface area contributed by atoms with E-state index in [2.05, 4.69) is 25.8 Å². The molecule has 2 aliphatic heterocycles. The summed E-state index contributed by atoms with van der Waals surface area (Å²) in [4.78, 5) is 24.7. The summed E-state index contributed by atoms with van der Waals surface area (Å²) < 4.78 is 25.1. The van der Waals surface area contributed by atoms with Crippen molar-refractivity contribution in [2.45, 2.75) is 6.04 Å². The van der Waals surface area contributed by atoms with Crippen molar-refractivity contribution in [3.63, 3.8) is 0 Å². The molecule has 0 bridgehead atoms. The molecule has 1 unspecified atom stereocenters. The number of rotatable bonds is 5. The van der Waals surface area contributed by atoms with Crippen molar-refractivity contribution in [1.29, 1.82) is 0 Å². The number of ether oxygens (including phenoxy) is 2. The van der Waals surface area contributed by atoms with Gasteiger partial charge in [0, 0.05) is 37.1 Å². The smallest absolute Gasteiger partial charge is 0.267 e. The van der Waals surface area contributed by atoms with Gasteiger partial charge >= 0.3 is 0 Å². The molecule has 0 aliphatic carbocycles. The Hall–Kier alpha value is -3.56. The number of primary amides is 1. The van der Waals surface area contributed by atoms with Crippen LogP contribution < -0.4 is 15.4 Å². The zero-order valence-corrected chi connectivity index (χ0v) is 18.9. The Morgan fingerprint density at radius 3 is 2.71 bits per heavy atom. The number of amides is 1. The summed E-state index contributed by atoms with van der Waals surface area (Å²) in [6.07, 6.45) is 3.92. The minimum absolute atomic E-state index is 0.137. The molecule has 0 radical (unpaired) electrons. The summed E-state index contributed by atoms with van der Waals surface area (Å²) in [6.45, 7) is 4.49. The molecule has 1 aromatic carbocycles. The summed E-state index contributed by atoms with van der Waals surface area (Å²) >= 11 is 0. The maximum Gasteiger partial charge on any atom is 0.267 e. The Morgan fingerprint density at radius 2 is 2.00 bits per heavy atom. The summed E-state index contributed by atoms with van der Waals surface area (Å²) in [5, 5.41) is 1.52. The van der Waals surface area contributed by atoms with Crippen molar-refractivity contribution in [3.8, 4) is 5.88 Å². The van der Waals surface area contributed by atoms with Gasteiger partial charge < -0.3 is 20.1 Å². The van der Waals surface area contributed by atoms with Crippen LogP contribution in [0.3, 0.4) is 0 Å². The van der Waals surface area contributed by atoms with Gasteiger partial charge in [-0.05, 0) is 35.7 Å². The van der Waals surface area contributed by atoms with Gasteiger partial charge in [0.25, 0.3) is 5.91 Å². The average molecular weight is 464 g/mol. The van der Waals surface area contributed by atoms with E-state index in [-0.39, 0.29) is 17.6 Å². The van der Waals surface area contributed by atoms with E-state index < -0.39 is 5.91 Å². The van der Waals surface area contributed by atoms with E-state index in [1.54, 1.807) is 25.4 Å². The third kappa shape index (κ3) is 4.44. The highest BCUT2D eigenvalue weighted by Crippen LogP contribution is 2.30. The van der Waals surface area contributed by atoms with Crippen LogP contribution in [-0.4, -0.2) is 73.3 Å². The second-order valence-corrected chi connectivity index (χ2v) is 8.45. The van der Waals surface area contributed by atoms with Gasteiger partial charge in [0.2, 0.25) is 5.88 Å². The molecule has 4 heterocycles. The second kappa shape index (κ2) is 9.36. The first-order chi connectivity index (χ1) is 16.5. The summed E-state index contributed by atoms with van der Waals surface area (Å²) in [5.74, 6) is -0.444. The molecule has 176 valence electrons. The zero-order valence-electron chi connectivity index (χ0n) is 18.9. The second-order valence-electron chi connectivity index (χ2n) is 8.45. The number of carbonyl (C=O) groups is 1. The molecule has 8 nitrogen and oxygen atoms in total. The maximum atomic E-state index is 13.7. The highest BCUT2D eigenvalue weighted by molar-refractivity contribution is 5.91. The number of piperazine rings is 1. The zero-order chi connectivity index (χ0) is 23.7. The van der Waals surface area contributed by atoms with Crippen LogP contribution in [0.4, 0.5) is 10.1 Å². The van der Waals surface area contributed by atoms with Crippen molar-refractivity contribution >= 4 is 27.9 Å². The van der Waals surface area contributed by atoms with E-state index in [0.717, 1.165) is 48.5 Å². The first-order valence-electron chi connectivity index (χ1n) is 11.2. The Balaban J connectivity index is 1.31. The maximum absolute atomic E-state index is 13.7. The van der Waals surface area contributed by atoms with Crippen LogP contribution in [0.1, 0.15) is 16.2 Å². The van der Waals surface area contributed by atoms with Crippen molar-refractivity contribution in [3.05, 3.63) is 65.9 Å². The standard InChI is InChI=1S/C25H26FN5O3/c1-33-25-21-12-18(26)3-2-16(21)11-23(29-25)17-10-20(15-34-14-17)31-8-6-30(7-9-31)19-4-5-22(24(27)32)28-13-19/h2-5,10-13,20H,6-9,14-15H2,1H3,(H2,27,32). The first-order valence-corrected chi connectivity index (χ1v) is 11.2. The van der Waals surface area contributed by atoms with Crippen molar-refractivity contribution in [2.75, 3.05) is 51.4 Å². The number of hydrogen-bond donors (Lipinski definition) is 1. The molecule has 2 N–H and O–H groups in total. The van der Waals surface area contributed by atoms with Gasteiger partial charge in [-0.3, -0.25) is 9.69 Å². The van der Waals surface area contributed by atoms with Crippen molar-refractivity contribution < 1.29 is 18.7 Å².